The van der Waals surface area contributed by atoms with Crippen LogP contribution in [0.1, 0.15) is 233 Å². The van der Waals surface area contributed by atoms with Gasteiger partial charge < -0.3 is 14.2 Å². The Labute approximate surface area is 304 Å². The summed E-state index contributed by atoms with van der Waals surface area (Å²) in [6, 6.07) is 0. The van der Waals surface area contributed by atoms with E-state index in [4.69, 9.17) is 14.2 Å². The van der Waals surface area contributed by atoms with E-state index in [9.17, 15) is 14.4 Å². The Morgan fingerprint density at radius 1 is 0.388 bits per heavy atom. The van der Waals surface area contributed by atoms with Crippen LogP contribution in [0.25, 0.3) is 0 Å². The predicted octanol–water partition coefficient (Wildman–Crippen LogP) is 13.2. The fourth-order valence-corrected chi connectivity index (χ4v) is 6.27. The molecule has 0 saturated heterocycles. The molecule has 0 spiro atoms. The summed E-state index contributed by atoms with van der Waals surface area (Å²) in [6.07, 6.45) is 35.4. The van der Waals surface area contributed by atoms with Crippen LogP contribution in [0.3, 0.4) is 0 Å². The molecule has 6 nitrogen and oxygen atoms in total. The van der Waals surface area contributed by atoms with Crippen molar-refractivity contribution in [2.75, 3.05) is 13.2 Å². The number of ether oxygens (including phenoxy) is 3. The molecule has 0 heterocycles. The van der Waals surface area contributed by atoms with Crippen LogP contribution in [0.5, 0.6) is 0 Å². The molecule has 0 aliphatic heterocycles. The molecule has 6 heteroatoms. The van der Waals surface area contributed by atoms with E-state index in [0.29, 0.717) is 19.3 Å². The molecule has 0 aliphatic carbocycles. The monoisotopic (exact) mass is 695 g/mol. The quantitative estimate of drug-likeness (QED) is 0.0364. The van der Waals surface area contributed by atoms with Gasteiger partial charge in [0.05, 0.1) is 0 Å². The van der Waals surface area contributed by atoms with E-state index in [-0.39, 0.29) is 31.1 Å². The minimum atomic E-state index is -0.756. The third-order valence-corrected chi connectivity index (χ3v) is 9.54. The fraction of sp³-hybridized carbons (Fsp3) is 0.930. The number of carbonyl (C=O) groups is 3. The maximum atomic E-state index is 12.6. The van der Waals surface area contributed by atoms with E-state index in [1.807, 2.05) is 0 Å². The van der Waals surface area contributed by atoms with Gasteiger partial charge in [-0.05, 0) is 25.2 Å². The molecule has 0 bridgehead atoms. The summed E-state index contributed by atoms with van der Waals surface area (Å²) in [5.41, 5.74) is 0. The van der Waals surface area contributed by atoms with Crippen molar-refractivity contribution in [3.8, 4) is 0 Å². The average Bonchev–Trinajstić information content (AvgIpc) is 3.08. The van der Waals surface area contributed by atoms with Gasteiger partial charge in [0.2, 0.25) is 0 Å². The van der Waals surface area contributed by atoms with Crippen LogP contribution in [-0.4, -0.2) is 37.2 Å². The maximum absolute atomic E-state index is 12.6. The fourth-order valence-electron chi connectivity index (χ4n) is 6.27. The number of unbranched alkanes of at least 4 members (excludes halogenated alkanes) is 25. The minimum Gasteiger partial charge on any atom is -0.462 e. The van der Waals surface area contributed by atoms with Gasteiger partial charge in [-0.1, -0.05) is 195 Å². The first-order valence-electron chi connectivity index (χ1n) is 21.4. The summed E-state index contributed by atoms with van der Waals surface area (Å²) < 4.78 is 16.6. The highest BCUT2D eigenvalue weighted by atomic mass is 16.6. The third-order valence-electron chi connectivity index (χ3n) is 9.54. The van der Waals surface area contributed by atoms with Gasteiger partial charge >= 0.3 is 17.9 Å². The molecule has 290 valence electrons. The molecule has 0 aromatic carbocycles. The lowest BCUT2D eigenvalue weighted by molar-refractivity contribution is -0.167. The molecule has 1 atom stereocenters. The molecule has 0 radical (unpaired) electrons. The topological polar surface area (TPSA) is 78.9 Å². The second-order valence-corrected chi connectivity index (χ2v) is 15.1. The Balaban J connectivity index is 4.19. The highest BCUT2D eigenvalue weighted by Gasteiger charge is 2.19. The van der Waals surface area contributed by atoms with Gasteiger partial charge in [0, 0.05) is 19.3 Å². The molecule has 49 heavy (non-hydrogen) atoms. The second-order valence-electron chi connectivity index (χ2n) is 15.1. The van der Waals surface area contributed by atoms with Crippen LogP contribution in [0.15, 0.2) is 0 Å². The van der Waals surface area contributed by atoms with Crippen molar-refractivity contribution < 1.29 is 28.6 Å². The second kappa shape index (κ2) is 37.7. The molecular formula is C43H82O6. The molecule has 0 aromatic rings. The van der Waals surface area contributed by atoms with Crippen LogP contribution >= 0.6 is 0 Å². The zero-order valence-electron chi connectivity index (χ0n) is 33.1. The molecule has 0 fully saturated rings. The van der Waals surface area contributed by atoms with Gasteiger partial charge in [-0.3, -0.25) is 14.4 Å². The van der Waals surface area contributed by atoms with E-state index >= 15 is 0 Å². The first kappa shape index (κ1) is 47.4. The summed E-state index contributed by atoms with van der Waals surface area (Å²) in [5, 5.41) is 0. The third kappa shape index (κ3) is 37.5. The van der Waals surface area contributed by atoms with Crippen molar-refractivity contribution >= 4 is 17.9 Å². The van der Waals surface area contributed by atoms with Gasteiger partial charge in [0.1, 0.15) is 13.2 Å². The molecule has 0 saturated carbocycles. The maximum Gasteiger partial charge on any atom is 0.306 e. The molecule has 0 aliphatic rings. The standard InChI is InChI=1S/C43H82O6/c1-5-7-9-11-12-13-16-21-24-28-32-36-43(46)49-40(37-47-41(44)34-30-25-10-8-6-2)38-48-42(45)35-31-27-23-20-18-15-14-17-19-22-26-29-33-39(3)4/h39-40H,5-38H2,1-4H3/t40-/m1/s1. The van der Waals surface area contributed by atoms with E-state index in [1.54, 1.807) is 0 Å². The average molecular weight is 695 g/mol. The van der Waals surface area contributed by atoms with E-state index in [0.717, 1.165) is 70.1 Å². The Morgan fingerprint density at radius 3 is 1.00 bits per heavy atom. The summed E-state index contributed by atoms with van der Waals surface area (Å²) in [4.78, 5) is 37.3. The normalized spacial score (nSPS) is 11.9. The number of hydrogen-bond acceptors (Lipinski definition) is 6. The molecule has 0 rings (SSSR count). The summed E-state index contributed by atoms with van der Waals surface area (Å²) in [6.45, 7) is 8.90. The largest absolute Gasteiger partial charge is 0.462 e. The Bertz CT molecular complexity index is 736. The lowest BCUT2D eigenvalue weighted by atomic mass is 10.0. The van der Waals surface area contributed by atoms with Crippen LogP contribution < -0.4 is 0 Å². The molecule has 0 N–H and O–H groups in total. The number of rotatable bonds is 38. The number of esters is 3. The lowest BCUT2D eigenvalue weighted by Gasteiger charge is -2.18. The Kier molecular flexibility index (Phi) is 36.4. The predicted molar refractivity (Wildman–Crippen MR) is 206 cm³/mol. The summed E-state index contributed by atoms with van der Waals surface area (Å²) >= 11 is 0. The lowest BCUT2D eigenvalue weighted by Crippen LogP contribution is -2.30. The van der Waals surface area contributed by atoms with Crippen LogP contribution in [0, 0.1) is 5.92 Å². The number of carbonyl (C=O) groups excluding carboxylic acids is 3. The van der Waals surface area contributed by atoms with Crippen molar-refractivity contribution in [3.63, 3.8) is 0 Å². The Morgan fingerprint density at radius 2 is 0.673 bits per heavy atom. The zero-order chi connectivity index (χ0) is 36.0. The van der Waals surface area contributed by atoms with Crippen molar-refractivity contribution in [2.45, 2.75) is 239 Å². The molecule has 0 unspecified atom stereocenters. The van der Waals surface area contributed by atoms with Gasteiger partial charge in [-0.2, -0.15) is 0 Å². The summed E-state index contributed by atoms with van der Waals surface area (Å²) in [5.74, 6) is -0.0385. The van der Waals surface area contributed by atoms with Gasteiger partial charge in [0.25, 0.3) is 0 Å². The smallest absolute Gasteiger partial charge is 0.306 e. The highest BCUT2D eigenvalue weighted by Crippen LogP contribution is 2.16. The van der Waals surface area contributed by atoms with Gasteiger partial charge in [-0.25, -0.2) is 0 Å². The van der Waals surface area contributed by atoms with Gasteiger partial charge in [0.15, 0.2) is 6.10 Å². The SMILES string of the molecule is CCCCCCCCCCCCCC(=O)O[C@H](COC(=O)CCCCCCC)COC(=O)CCCCCCCCCCCCCCC(C)C. The van der Waals surface area contributed by atoms with Crippen LogP contribution in [0.4, 0.5) is 0 Å². The van der Waals surface area contributed by atoms with Crippen LogP contribution in [-0.2, 0) is 28.6 Å². The van der Waals surface area contributed by atoms with Crippen molar-refractivity contribution in [1.82, 2.24) is 0 Å². The van der Waals surface area contributed by atoms with E-state index in [1.165, 1.54) is 122 Å². The van der Waals surface area contributed by atoms with Crippen molar-refractivity contribution in [1.29, 1.82) is 0 Å². The minimum absolute atomic E-state index is 0.0651. The van der Waals surface area contributed by atoms with E-state index in [2.05, 4.69) is 27.7 Å². The molecular weight excluding hydrogens is 612 g/mol. The molecule has 0 aromatic heterocycles. The van der Waals surface area contributed by atoms with Gasteiger partial charge in [-0.15, -0.1) is 0 Å². The number of hydrogen-bond donors (Lipinski definition) is 0. The molecule has 0 amide bonds. The summed E-state index contributed by atoms with van der Waals surface area (Å²) in [7, 11) is 0. The first-order chi connectivity index (χ1) is 23.9. The van der Waals surface area contributed by atoms with E-state index < -0.39 is 6.10 Å². The Hall–Kier alpha value is -1.59. The highest BCUT2D eigenvalue weighted by molar-refractivity contribution is 5.71. The van der Waals surface area contributed by atoms with Crippen LogP contribution in [0.2, 0.25) is 0 Å². The van der Waals surface area contributed by atoms with Crippen molar-refractivity contribution in [2.24, 2.45) is 5.92 Å². The van der Waals surface area contributed by atoms with Crippen molar-refractivity contribution in [3.05, 3.63) is 0 Å². The zero-order valence-corrected chi connectivity index (χ0v) is 33.1. The first-order valence-corrected chi connectivity index (χ1v) is 21.4.